The van der Waals surface area contributed by atoms with E-state index < -0.39 is 11.9 Å². The largest absolute Gasteiger partial charge is 0.508 e. The molecular formula is C22H16O6Zn. The maximum Gasteiger partial charge on any atom is 0.335 e. The molecule has 4 aromatic carbocycles. The molecule has 0 aromatic heterocycles. The number of benzene rings is 4. The molecule has 29 heavy (non-hydrogen) atoms. The molecule has 7 heteroatoms. The number of phenolic OH excluding ortho intramolecular Hbond substituents is 2. The van der Waals surface area contributed by atoms with E-state index in [4.69, 9.17) is 10.2 Å². The molecule has 0 amide bonds. The second kappa shape index (κ2) is 9.17. The van der Waals surface area contributed by atoms with Crippen LogP contribution in [0.2, 0.25) is 0 Å². The van der Waals surface area contributed by atoms with Gasteiger partial charge in [-0.3, -0.25) is 0 Å². The third-order valence-electron chi connectivity index (χ3n) is 4.14. The fourth-order valence-electron chi connectivity index (χ4n) is 2.73. The predicted molar refractivity (Wildman–Crippen MR) is 105 cm³/mol. The molecule has 0 unspecified atom stereocenters. The number of phenols is 2. The first kappa shape index (κ1) is 21.9. The van der Waals surface area contributed by atoms with Crippen LogP contribution >= 0.6 is 0 Å². The Hall–Kier alpha value is -3.44. The van der Waals surface area contributed by atoms with Crippen molar-refractivity contribution in [3.05, 3.63) is 83.9 Å². The van der Waals surface area contributed by atoms with Gasteiger partial charge >= 0.3 is 11.9 Å². The number of aromatic carboxylic acids is 2. The number of hydrogen-bond acceptors (Lipinski definition) is 4. The quantitative estimate of drug-likeness (QED) is 0.341. The molecule has 0 radical (unpaired) electrons. The summed E-state index contributed by atoms with van der Waals surface area (Å²) in [6, 6.07) is 19.2. The van der Waals surface area contributed by atoms with Crippen LogP contribution in [0.15, 0.2) is 72.8 Å². The topological polar surface area (TPSA) is 115 Å². The van der Waals surface area contributed by atoms with Gasteiger partial charge in [0.15, 0.2) is 0 Å². The Morgan fingerprint density at radius 2 is 0.828 bits per heavy atom. The van der Waals surface area contributed by atoms with Gasteiger partial charge in [0.25, 0.3) is 0 Å². The molecule has 4 N–H and O–H groups in total. The van der Waals surface area contributed by atoms with E-state index in [0.29, 0.717) is 0 Å². The van der Waals surface area contributed by atoms with Crippen molar-refractivity contribution in [3.63, 3.8) is 0 Å². The molecule has 0 fully saturated rings. The number of carbonyl (C=O) groups is 2. The number of aromatic hydroxyl groups is 2. The summed E-state index contributed by atoms with van der Waals surface area (Å²) in [4.78, 5) is 21.3. The standard InChI is InChI=1S/2C11H8O3.Zn/c2*12-10-4-3-7-5-9(11(13)14)2-1-8(7)6-10;/h2*1-6,12H,(H,13,14);. The van der Waals surface area contributed by atoms with E-state index in [1.54, 1.807) is 48.5 Å². The fraction of sp³-hybridized carbons (Fsp3) is 0. The molecule has 0 atom stereocenters. The molecule has 0 heterocycles. The Bertz CT molecular complexity index is 1110. The molecule has 4 aromatic rings. The molecule has 6 nitrogen and oxygen atoms in total. The molecule has 0 aliphatic rings. The number of carboxylic acid groups (broad SMARTS) is 2. The van der Waals surface area contributed by atoms with Crippen LogP contribution in [0.5, 0.6) is 11.5 Å². The third kappa shape index (κ3) is 5.30. The van der Waals surface area contributed by atoms with Crippen molar-refractivity contribution in [1.29, 1.82) is 0 Å². The minimum Gasteiger partial charge on any atom is -0.508 e. The van der Waals surface area contributed by atoms with Gasteiger partial charge in [0, 0.05) is 19.5 Å². The molecule has 0 bridgehead atoms. The van der Waals surface area contributed by atoms with Crippen molar-refractivity contribution in [2.45, 2.75) is 0 Å². The average molecular weight is 442 g/mol. The van der Waals surface area contributed by atoms with Gasteiger partial charge in [0.2, 0.25) is 0 Å². The molecule has 0 saturated heterocycles. The van der Waals surface area contributed by atoms with Crippen LogP contribution < -0.4 is 0 Å². The van der Waals surface area contributed by atoms with E-state index in [1.165, 1.54) is 24.3 Å². The van der Waals surface area contributed by atoms with Gasteiger partial charge in [-0.1, -0.05) is 24.3 Å². The first-order valence-corrected chi connectivity index (χ1v) is 8.25. The normalized spacial score (nSPS) is 9.93. The van der Waals surface area contributed by atoms with Crippen molar-refractivity contribution in [1.82, 2.24) is 0 Å². The summed E-state index contributed by atoms with van der Waals surface area (Å²) in [6.07, 6.45) is 0. The first-order valence-electron chi connectivity index (χ1n) is 8.25. The van der Waals surface area contributed by atoms with Gasteiger partial charge in [-0.2, -0.15) is 0 Å². The second-order valence-corrected chi connectivity index (χ2v) is 6.10. The number of hydrogen-bond donors (Lipinski definition) is 4. The zero-order valence-electron chi connectivity index (χ0n) is 15.2. The molecular weight excluding hydrogens is 426 g/mol. The van der Waals surface area contributed by atoms with Crippen molar-refractivity contribution in [3.8, 4) is 11.5 Å². The van der Waals surface area contributed by atoms with Crippen LogP contribution in [-0.2, 0) is 19.5 Å². The van der Waals surface area contributed by atoms with Gasteiger partial charge in [-0.05, 0) is 70.1 Å². The molecule has 0 aliphatic heterocycles. The smallest absolute Gasteiger partial charge is 0.335 e. The van der Waals surface area contributed by atoms with Crippen LogP contribution in [0.25, 0.3) is 21.5 Å². The Kier molecular flexibility index (Phi) is 6.91. The van der Waals surface area contributed by atoms with E-state index in [0.717, 1.165) is 21.5 Å². The first-order chi connectivity index (χ1) is 13.3. The number of fused-ring (bicyclic) bond motifs is 2. The zero-order chi connectivity index (χ0) is 20.3. The van der Waals surface area contributed by atoms with Crippen LogP contribution in [0.4, 0.5) is 0 Å². The van der Waals surface area contributed by atoms with Gasteiger partial charge in [0.05, 0.1) is 11.1 Å². The molecule has 0 aliphatic carbocycles. The maximum absolute atomic E-state index is 10.7. The van der Waals surface area contributed by atoms with E-state index in [1.807, 2.05) is 0 Å². The van der Waals surface area contributed by atoms with Gasteiger partial charge in [-0.15, -0.1) is 0 Å². The maximum atomic E-state index is 10.7. The Morgan fingerprint density at radius 3 is 1.17 bits per heavy atom. The summed E-state index contributed by atoms with van der Waals surface area (Å²) < 4.78 is 0. The Labute approximate surface area is 178 Å². The summed E-state index contributed by atoms with van der Waals surface area (Å²) in [5.74, 6) is -1.53. The monoisotopic (exact) mass is 440 g/mol. The fourth-order valence-corrected chi connectivity index (χ4v) is 2.73. The molecule has 0 saturated carbocycles. The minimum atomic E-state index is -0.944. The van der Waals surface area contributed by atoms with Gasteiger partial charge in [-0.25, -0.2) is 9.59 Å². The second-order valence-electron chi connectivity index (χ2n) is 6.10. The molecule has 4 rings (SSSR count). The number of rotatable bonds is 2. The third-order valence-corrected chi connectivity index (χ3v) is 4.14. The van der Waals surface area contributed by atoms with Crippen LogP contribution in [-0.4, -0.2) is 32.4 Å². The number of carboxylic acids is 2. The van der Waals surface area contributed by atoms with E-state index >= 15 is 0 Å². The van der Waals surface area contributed by atoms with Crippen LogP contribution in [0.1, 0.15) is 20.7 Å². The summed E-state index contributed by atoms with van der Waals surface area (Å²) in [5, 5.41) is 39.2. The summed E-state index contributed by atoms with van der Waals surface area (Å²) >= 11 is 0. The van der Waals surface area contributed by atoms with E-state index in [-0.39, 0.29) is 42.1 Å². The zero-order valence-corrected chi connectivity index (χ0v) is 18.2. The van der Waals surface area contributed by atoms with Crippen LogP contribution in [0, 0.1) is 0 Å². The van der Waals surface area contributed by atoms with Crippen molar-refractivity contribution in [2.24, 2.45) is 0 Å². The summed E-state index contributed by atoms with van der Waals surface area (Å²) in [6.45, 7) is 0. The van der Waals surface area contributed by atoms with E-state index in [2.05, 4.69) is 0 Å². The van der Waals surface area contributed by atoms with E-state index in [9.17, 15) is 19.8 Å². The SMILES string of the molecule is O=C(O)c1ccc2cc(O)ccc2c1.O=C(O)c1ccc2cc(O)ccc2c1.[Zn]. The van der Waals surface area contributed by atoms with Crippen molar-refractivity contribution < 1.29 is 49.5 Å². The Morgan fingerprint density at radius 1 is 0.517 bits per heavy atom. The van der Waals surface area contributed by atoms with Gasteiger partial charge < -0.3 is 20.4 Å². The molecule has 142 valence electrons. The summed E-state index contributed by atoms with van der Waals surface area (Å²) in [7, 11) is 0. The minimum absolute atomic E-state index is 0. The Balaban J connectivity index is 0.000000200. The summed E-state index contributed by atoms with van der Waals surface area (Å²) in [5.41, 5.74) is 0.506. The predicted octanol–water partition coefficient (Wildman–Crippen LogP) is 4.48. The molecule has 0 spiro atoms. The van der Waals surface area contributed by atoms with Crippen LogP contribution in [0.3, 0.4) is 0 Å². The average Bonchev–Trinajstić information content (AvgIpc) is 2.67. The van der Waals surface area contributed by atoms with Crippen molar-refractivity contribution >= 4 is 33.5 Å². The van der Waals surface area contributed by atoms with Gasteiger partial charge in [0.1, 0.15) is 11.5 Å². The van der Waals surface area contributed by atoms with Crippen molar-refractivity contribution in [2.75, 3.05) is 0 Å².